The van der Waals surface area contributed by atoms with E-state index in [1.165, 1.54) is 19.3 Å². The number of amides is 1. The van der Waals surface area contributed by atoms with Crippen LogP contribution in [0.3, 0.4) is 0 Å². The molecule has 2 fully saturated rings. The largest absolute Gasteiger partial charge is 0.384 e. The van der Waals surface area contributed by atoms with Crippen LogP contribution in [0.25, 0.3) is 0 Å². The van der Waals surface area contributed by atoms with Gasteiger partial charge in [0.1, 0.15) is 0 Å². The number of hydrogen-bond donors (Lipinski definition) is 2. The molecule has 1 amide bonds. The van der Waals surface area contributed by atoms with Gasteiger partial charge >= 0.3 is 0 Å². The van der Waals surface area contributed by atoms with E-state index in [4.69, 9.17) is 4.74 Å². The Hall–Kier alpha value is -0.610. The van der Waals surface area contributed by atoms with Gasteiger partial charge in [0.05, 0.1) is 0 Å². The summed E-state index contributed by atoms with van der Waals surface area (Å²) in [5.74, 6) is 0.482. The Morgan fingerprint density at radius 1 is 1.56 bits per heavy atom. The standard InChI is InChI=1S/C14H26N2O2/c1-11(10-18-2)8-13(17)16-12-4-7-15-14(9-12)5-3-6-14/h11-12,15H,3-10H2,1-2H3,(H,16,17). The average Bonchev–Trinajstić information content (AvgIpc) is 2.27. The highest BCUT2D eigenvalue weighted by atomic mass is 16.5. The lowest BCUT2D eigenvalue weighted by Crippen LogP contribution is -2.59. The minimum atomic E-state index is 0.181. The maximum atomic E-state index is 11.9. The van der Waals surface area contributed by atoms with Crippen molar-refractivity contribution >= 4 is 5.91 Å². The molecule has 2 N–H and O–H groups in total. The first kappa shape index (κ1) is 13.8. The van der Waals surface area contributed by atoms with Crippen LogP contribution in [0, 0.1) is 5.92 Å². The second kappa shape index (κ2) is 6.02. The molecule has 4 heteroatoms. The van der Waals surface area contributed by atoms with E-state index in [9.17, 15) is 4.79 Å². The molecule has 1 saturated heterocycles. The molecule has 1 aliphatic carbocycles. The van der Waals surface area contributed by atoms with Gasteiger partial charge in [-0.25, -0.2) is 0 Å². The highest BCUT2D eigenvalue weighted by molar-refractivity contribution is 5.76. The summed E-state index contributed by atoms with van der Waals surface area (Å²) in [5, 5.41) is 6.82. The van der Waals surface area contributed by atoms with E-state index in [1.54, 1.807) is 7.11 Å². The Kier molecular flexibility index (Phi) is 4.62. The van der Waals surface area contributed by atoms with Crippen LogP contribution < -0.4 is 10.6 Å². The third-order valence-electron chi connectivity index (χ3n) is 4.29. The van der Waals surface area contributed by atoms with E-state index in [1.807, 2.05) is 0 Å². The van der Waals surface area contributed by atoms with Gasteiger partial charge in [-0.15, -0.1) is 0 Å². The lowest BCUT2D eigenvalue weighted by molar-refractivity contribution is -0.123. The van der Waals surface area contributed by atoms with Crippen molar-refractivity contribution in [2.75, 3.05) is 20.3 Å². The number of rotatable bonds is 5. The monoisotopic (exact) mass is 254 g/mol. The Morgan fingerprint density at radius 2 is 2.33 bits per heavy atom. The van der Waals surface area contributed by atoms with Crippen molar-refractivity contribution in [2.45, 2.75) is 57.0 Å². The molecule has 18 heavy (non-hydrogen) atoms. The van der Waals surface area contributed by atoms with Crippen molar-refractivity contribution in [1.29, 1.82) is 0 Å². The maximum Gasteiger partial charge on any atom is 0.220 e. The van der Waals surface area contributed by atoms with Crippen molar-refractivity contribution in [2.24, 2.45) is 5.92 Å². The third-order valence-corrected chi connectivity index (χ3v) is 4.29. The van der Waals surface area contributed by atoms with E-state index < -0.39 is 0 Å². The molecule has 0 aromatic carbocycles. The molecule has 0 aromatic rings. The van der Waals surface area contributed by atoms with Crippen LogP contribution >= 0.6 is 0 Å². The fourth-order valence-corrected chi connectivity index (χ4v) is 3.21. The molecule has 1 heterocycles. The van der Waals surface area contributed by atoms with Crippen molar-refractivity contribution in [3.8, 4) is 0 Å². The highest BCUT2D eigenvalue weighted by Crippen LogP contribution is 2.38. The zero-order valence-corrected chi connectivity index (χ0v) is 11.6. The van der Waals surface area contributed by atoms with Crippen molar-refractivity contribution in [3.63, 3.8) is 0 Å². The van der Waals surface area contributed by atoms with Crippen molar-refractivity contribution in [3.05, 3.63) is 0 Å². The topological polar surface area (TPSA) is 50.4 Å². The lowest BCUT2D eigenvalue weighted by atomic mass is 9.70. The van der Waals surface area contributed by atoms with Gasteiger partial charge in [-0.05, 0) is 44.6 Å². The second-order valence-corrected chi connectivity index (χ2v) is 6.08. The number of carbonyl (C=O) groups excluding carboxylic acids is 1. The predicted octanol–water partition coefficient (Wildman–Crippen LogP) is 1.45. The third kappa shape index (κ3) is 3.45. The quantitative estimate of drug-likeness (QED) is 0.781. The minimum absolute atomic E-state index is 0.181. The number of hydrogen-bond acceptors (Lipinski definition) is 3. The molecule has 2 rings (SSSR count). The molecule has 1 aliphatic heterocycles. The van der Waals surface area contributed by atoms with Crippen molar-refractivity contribution in [1.82, 2.24) is 10.6 Å². The fourth-order valence-electron chi connectivity index (χ4n) is 3.21. The lowest BCUT2D eigenvalue weighted by Gasteiger charge is -2.48. The summed E-state index contributed by atoms with van der Waals surface area (Å²) in [4.78, 5) is 11.9. The molecule has 2 atom stereocenters. The van der Waals surface area contributed by atoms with Crippen LogP contribution in [-0.2, 0) is 9.53 Å². The van der Waals surface area contributed by atoms with Crippen LogP contribution in [0.4, 0.5) is 0 Å². The van der Waals surface area contributed by atoms with Gasteiger partial charge in [0.15, 0.2) is 0 Å². The van der Waals surface area contributed by atoms with E-state index in [2.05, 4.69) is 17.6 Å². The summed E-state index contributed by atoms with van der Waals surface area (Å²) in [5.41, 5.74) is 0.355. The highest BCUT2D eigenvalue weighted by Gasteiger charge is 2.41. The Bertz CT molecular complexity index is 290. The van der Waals surface area contributed by atoms with Crippen molar-refractivity contribution < 1.29 is 9.53 Å². The van der Waals surface area contributed by atoms with Gasteiger partial charge in [-0.3, -0.25) is 4.79 Å². The van der Waals surface area contributed by atoms with Crippen LogP contribution in [0.1, 0.15) is 45.4 Å². The molecular weight excluding hydrogens is 228 g/mol. The van der Waals surface area contributed by atoms with Crippen LogP contribution in [0.5, 0.6) is 0 Å². The van der Waals surface area contributed by atoms with Gasteiger partial charge in [0.2, 0.25) is 5.91 Å². The molecule has 1 spiro atoms. The Morgan fingerprint density at radius 3 is 2.94 bits per heavy atom. The molecule has 0 bridgehead atoms. The maximum absolute atomic E-state index is 11.9. The van der Waals surface area contributed by atoms with Crippen LogP contribution in [0.15, 0.2) is 0 Å². The Balaban J connectivity index is 1.73. The first-order valence-corrected chi connectivity index (χ1v) is 7.17. The summed E-state index contributed by atoms with van der Waals surface area (Å²) >= 11 is 0. The molecule has 104 valence electrons. The summed E-state index contributed by atoms with van der Waals surface area (Å²) < 4.78 is 5.06. The Labute approximate surface area is 110 Å². The van der Waals surface area contributed by atoms with Gasteiger partial charge in [0, 0.05) is 31.7 Å². The summed E-state index contributed by atoms with van der Waals surface area (Å²) in [7, 11) is 1.68. The summed E-state index contributed by atoms with van der Waals surface area (Å²) in [6, 6.07) is 0.369. The second-order valence-electron chi connectivity index (χ2n) is 6.08. The zero-order valence-electron chi connectivity index (χ0n) is 11.6. The molecule has 1 saturated carbocycles. The average molecular weight is 254 g/mol. The number of carbonyl (C=O) groups is 1. The van der Waals surface area contributed by atoms with E-state index in [0.717, 1.165) is 19.4 Å². The first-order valence-electron chi connectivity index (χ1n) is 7.17. The molecule has 4 nitrogen and oxygen atoms in total. The summed E-state index contributed by atoms with van der Waals surface area (Å²) in [6.45, 7) is 3.75. The van der Waals surface area contributed by atoms with E-state index in [-0.39, 0.29) is 5.91 Å². The predicted molar refractivity (Wildman–Crippen MR) is 71.4 cm³/mol. The number of methoxy groups -OCH3 is 1. The zero-order chi connectivity index (χ0) is 13.0. The smallest absolute Gasteiger partial charge is 0.220 e. The van der Waals surface area contributed by atoms with Crippen LogP contribution in [-0.4, -0.2) is 37.7 Å². The fraction of sp³-hybridized carbons (Fsp3) is 0.929. The number of nitrogens with one attached hydrogen (secondary N) is 2. The molecule has 0 aromatic heterocycles. The normalized spacial score (nSPS) is 27.6. The number of piperidine rings is 1. The van der Waals surface area contributed by atoms with Crippen LogP contribution in [0.2, 0.25) is 0 Å². The van der Waals surface area contributed by atoms with Gasteiger partial charge < -0.3 is 15.4 Å². The molecule has 0 radical (unpaired) electrons. The molecule has 2 unspecified atom stereocenters. The van der Waals surface area contributed by atoms with E-state index in [0.29, 0.717) is 30.5 Å². The first-order chi connectivity index (χ1) is 8.63. The van der Waals surface area contributed by atoms with Gasteiger partial charge in [-0.2, -0.15) is 0 Å². The van der Waals surface area contributed by atoms with Gasteiger partial charge in [0.25, 0.3) is 0 Å². The van der Waals surface area contributed by atoms with E-state index >= 15 is 0 Å². The number of ether oxygens (including phenoxy) is 1. The van der Waals surface area contributed by atoms with Gasteiger partial charge in [-0.1, -0.05) is 6.92 Å². The summed E-state index contributed by atoms with van der Waals surface area (Å²) in [6.07, 6.45) is 6.63. The SMILES string of the molecule is COCC(C)CC(=O)NC1CCNC2(CCC2)C1. The molecule has 2 aliphatic rings. The molecular formula is C14H26N2O2. The minimum Gasteiger partial charge on any atom is -0.384 e.